The van der Waals surface area contributed by atoms with Crippen molar-refractivity contribution in [3.05, 3.63) is 35.9 Å². The second-order valence-corrected chi connectivity index (χ2v) is 3.61. The van der Waals surface area contributed by atoms with Crippen LogP contribution in [0.1, 0.15) is 11.6 Å². The largest absolute Gasteiger partial charge is 0.390 e. The topological polar surface area (TPSA) is 42.2 Å². The minimum atomic E-state index is -0.438. The van der Waals surface area contributed by atoms with Crippen LogP contribution in [-0.4, -0.2) is 23.1 Å². The molecule has 2 nitrogen and oxygen atoms in total. The third-order valence-corrected chi connectivity index (χ3v) is 2.67. The molecule has 1 heterocycles. The summed E-state index contributed by atoms with van der Waals surface area (Å²) in [7, 11) is 0. The molecular formula is C10H12ClNO. The Kier molecular flexibility index (Phi) is 2.54. The molecule has 2 rings (SSSR count). The normalized spacial score (nSPS) is 28.5. The molecule has 0 radical (unpaired) electrons. The van der Waals surface area contributed by atoms with Crippen molar-refractivity contribution in [2.45, 2.75) is 18.2 Å². The maximum atomic E-state index is 9.43. The van der Waals surface area contributed by atoms with Gasteiger partial charge in [-0.2, -0.15) is 0 Å². The van der Waals surface area contributed by atoms with E-state index in [9.17, 15) is 5.11 Å². The number of aliphatic hydroxyl groups is 1. The summed E-state index contributed by atoms with van der Waals surface area (Å²) in [6, 6.07) is 10.5. The third-order valence-electron chi connectivity index (χ3n) is 2.35. The summed E-state index contributed by atoms with van der Waals surface area (Å²) in [5, 5.41) is 12.6. The second-order valence-electron chi connectivity index (χ2n) is 3.30. The maximum absolute atomic E-state index is 9.43. The van der Waals surface area contributed by atoms with E-state index >= 15 is 0 Å². The Bertz CT molecular complexity index is 278. The molecule has 0 spiro atoms. The van der Waals surface area contributed by atoms with Crippen molar-refractivity contribution >= 4 is 11.6 Å². The summed E-state index contributed by atoms with van der Waals surface area (Å²) in [5.41, 5.74) is 1.22. The van der Waals surface area contributed by atoms with Crippen molar-refractivity contribution in [2.24, 2.45) is 0 Å². The molecule has 0 aliphatic carbocycles. The van der Waals surface area contributed by atoms with Gasteiger partial charge in [-0.05, 0) is 5.56 Å². The molecule has 1 aromatic carbocycles. The van der Waals surface area contributed by atoms with Gasteiger partial charge in [0.05, 0.1) is 18.2 Å². The molecule has 70 valence electrons. The minimum Gasteiger partial charge on any atom is -0.390 e. The maximum Gasteiger partial charge on any atom is 0.0847 e. The molecule has 13 heavy (non-hydrogen) atoms. The van der Waals surface area contributed by atoms with Gasteiger partial charge < -0.3 is 10.4 Å². The van der Waals surface area contributed by atoms with Crippen LogP contribution in [0.15, 0.2) is 30.3 Å². The van der Waals surface area contributed by atoms with E-state index < -0.39 is 6.10 Å². The van der Waals surface area contributed by atoms with Crippen molar-refractivity contribution < 1.29 is 5.11 Å². The van der Waals surface area contributed by atoms with Crippen LogP contribution in [-0.2, 0) is 0 Å². The molecule has 3 unspecified atom stereocenters. The zero-order valence-electron chi connectivity index (χ0n) is 7.15. The zero-order valence-corrected chi connectivity index (χ0v) is 7.91. The zero-order chi connectivity index (χ0) is 9.26. The van der Waals surface area contributed by atoms with Gasteiger partial charge in [-0.15, -0.1) is 11.6 Å². The predicted molar refractivity (Wildman–Crippen MR) is 52.8 cm³/mol. The molecular weight excluding hydrogens is 186 g/mol. The Morgan fingerprint density at radius 2 is 2.08 bits per heavy atom. The van der Waals surface area contributed by atoms with E-state index in [1.165, 1.54) is 5.56 Å². The number of aliphatic hydroxyl groups excluding tert-OH is 1. The molecule has 0 bridgehead atoms. The van der Waals surface area contributed by atoms with Crippen molar-refractivity contribution in [3.63, 3.8) is 0 Å². The van der Waals surface area contributed by atoms with E-state index in [1.807, 2.05) is 18.2 Å². The highest BCUT2D eigenvalue weighted by molar-refractivity contribution is 6.18. The van der Waals surface area contributed by atoms with Crippen molar-refractivity contribution in [1.82, 2.24) is 5.32 Å². The number of hydrogen-bond donors (Lipinski definition) is 2. The third kappa shape index (κ3) is 1.85. The Balaban J connectivity index is 2.00. The average Bonchev–Trinajstić information content (AvgIpc) is 2.98. The van der Waals surface area contributed by atoms with E-state index in [1.54, 1.807) is 0 Å². The van der Waals surface area contributed by atoms with Gasteiger partial charge in [0.2, 0.25) is 0 Å². The Morgan fingerprint density at radius 3 is 2.69 bits per heavy atom. The molecule has 1 saturated heterocycles. The van der Waals surface area contributed by atoms with E-state index in [2.05, 4.69) is 17.4 Å². The lowest BCUT2D eigenvalue weighted by Crippen LogP contribution is -2.18. The Morgan fingerprint density at radius 1 is 1.38 bits per heavy atom. The molecule has 1 aliphatic heterocycles. The van der Waals surface area contributed by atoms with Crippen LogP contribution < -0.4 is 5.32 Å². The summed E-state index contributed by atoms with van der Waals surface area (Å²) in [4.78, 5) is 0. The van der Waals surface area contributed by atoms with Crippen LogP contribution >= 0.6 is 11.6 Å². The van der Waals surface area contributed by atoms with Gasteiger partial charge in [0.15, 0.2) is 0 Å². The lowest BCUT2D eigenvalue weighted by atomic mass is 10.1. The smallest absolute Gasteiger partial charge is 0.0847 e. The van der Waals surface area contributed by atoms with Gasteiger partial charge in [0.1, 0.15) is 0 Å². The fourth-order valence-corrected chi connectivity index (χ4v) is 1.74. The van der Waals surface area contributed by atoms with Crippen LogP contribution in [0.2, 0.25) is 0 Å². The van der Waals surface area contributed by atoms with Crippen LogP contribution in [0.5, 0.6) is 0 Å². The fourth-order valence-electron chi connectivity index (χ4n) is 1.54. The number of rotatable bonds is 3. The Hall–Kier alpha value is -0.570. The molecule has 3 heteroatoms. The molecule has 0 saturated carbocycles. The van der Waals surface area contributed by atoms with Crippen LogP contribution in [0.25, 0.3) is 0 Å². The average molecular weight is 198 g/mol. The summed E-state index contributed by atoms with van der Waals surface area (Å²) in [6.45, 7) is 0. The number of hydrogen-bond acceptors (Lipinski definition) is 2. The monoisotopic (exact) mass is 197 g/mol. The number of nitrogens with one attached hydrogen (secondary N) is 1. The molecule has 3 atom stereocenters. The van der Waals surface area contributed by atoms with Crippen LogP contribution in [0.3, 0.4) is 0 Å². The quantitative estimate of drug-likeness (QED) is 0.567. The van der Waals surface area contributed by atoms with Gasteiger partial charge in [-0.3, -0.25) is 0 Å². The first-order valence-electron chi connectivity index (χ1n) is 4.38. The van der Waals surface area contributed by atoms with Crippen LogP contribution in [0, 0.1) is 0 Å². The molecule has 1 aliphatic rings. The van der Waals surface area contributed by atoms with Gasteiger partial charge in [0.25, 0.3) is 0 Å². The number of benzene rings is 1. The molecule has 0 amide bonds. The van der Waals surface area contributed by atoms with Gasteiger partial charge in [0, 0.05) is 5.88 Å². The summed E-state index contributed by atoms with van der Waals surface area (Å²) in [6.07, 6.45) is -0.438. The van der Waals surface area contributed by atoms with Crippen molar-refractivity contribution in [2.75, 3.05) is 5.88 Å². The second kappa shape index (κ2) is 3.66. The lowest BCUT2D eigenvalue weighted by molar-refractivity contribution is 0.194. The van der Waals surface area contributed by atoms with Gasteiger partial charge in [-0.1, -0.05) is 30.3 Å². The highest BCUT2D eigenvalue weighted by atomic mass is 35.5. The molecule has 2 N–H and O–H groups in total. The van der Waals surface area contributed by atoms with E-state index in [0.717, 1.165) is 0 Å². The first-order valence-corrected chi connectivity index (χ1v) is 4.91. The highest BCUT2D eigenvalue weighted by Gasteiger charge is 2.41. The van der Waals surface area contributed by atoms with Crippen molar-refractivity contribution in [3.8, 4) is 0 Å². The lowest BCUT2D eigenvalue weighted by Gasteiger charge is -2.02. The van der Waals surface area contributed by atoms with E-state index in [0.29, 0.717) is 5.88 Å². The van der Waals surface area contributed by atoms with E-state index in [-0.39, 0.29) is 12.1 Å². The minimum absolute atomic E-state index is 0.139. The first kappa shape index (κ1) is 9.00. The standard InChI is InChI=1S/C10H12ClNO/c11-6-8(13)10-9(12-10)7-4-2-1-3-5-7/h1-5,8-10,12-13H,6H2. The number of halogens is 1. The molecule has 1 aromatic rings. The Labute approximate surface area is 82.5 Å². The molecule has 1 fully saturated rings. The SMILES string of the molecule is OC(CCl)C1NC1c1ccccc1. The van der Waals surface area contributed by atoms with Crippen LogP contribution in [0.4, 0.5) is 0 Å². The summed E-state index contributed by atoms with van der Waals surface area (Å²) in [5.74, 6) is 0.293. The van der Waals surface area contributed by atoms with E-state index in [4.69, 9.17) is 11.6 Å². The fraction of sp³-hybridized carbons (Fsp3) is 0.400. The van der Waals surface area contributed by atoms with Gasteiger partial charge in [-0.25, -0.2) is 0 Å². The van der Waals surface area contributed by atoms with Crippen molar-refractivity contribution in [1.29, 1.82) is 0 Å². The number of alkyl halides is 1. The summed E-state index contributed by atoms with van der Waals surface area (Å²) < 4.78 is 0. The predicted octanol–water partition coefficient (Wildman–Crippen LogP) is 1.30. The molecule has 0 aromatic heterocycles. The first-order chi connectivity index (χ1) is 6.33. The highest BCUT2D eigenvalue weighted by Crippen LogP contribution is 2.31. The summed E-state index contributed by atoms with van der Waals surface area (Å²) >= 11 is 5.55. The van der Waals surface area contributed by atoms with Gasteiger partial charge >= 0.3 is 0 Å².